The second kappa shape index (κ2) is 9.99. The molecule has 1 amide bonds. The summed E-state index contributed by atoms with van der Waals surface area (Å²) < 4.78 is 10.9. The lowest BCUT2D eigenvalue weighted by molar-refractivity contribution is -0.384. The molecule has 8 nitrogen and oxygen atoms in total. The number of carbonyl (C=O) groups is 1. The molecule has 1 saturated heterocycles. The Morgan fingerprint density at radius 2 is 2.00 bits per heavy atom. The van der Waals surface area contributed by atoms with E-state index < -0.39 is 4.92 Å². The van der Waals surface area contributed by atoms with Gasteiger partial charge in [0.1, 0.15) is 5.75 Å². The molecule has 1 atom stereocenters. The van der Waals surface area contributed by atoms with Crippen LogP contribution in [0.25, 0.3) is 0 Å². The van der Waals surface area contributed by atoms with E-state index in [0.29, 0.717) is 19.8 Å². The number of aryl methyl sites for hydroxylation is 1. The average molecular weight is 399 g/mol. The second-order valence-corrected chi connectivity index (χ2v) is 6.93. The van der Waals surface area contributed by atoms with Gasteiger partial charge in [-0.25, -0.2) is 0 Å². The number of non-ortho nitro benzene ring substituents is 1. The monoisotopic (exact) mass is 399 g/mol. The maximum Gasteiger partial charge on any atom is 0.273 e. The summed E-state index contributed by atoms with van der Waals surface area (Å²) in [5.41, 5.74) is 2.24. The molecule has 29 heavy (non-hydrogen) atoms. The van der Waals surface area contributed by atoms with Gasteiger partial charge in [0.25, 0.3) is 11.6 Å². The summed E-state index contributed by atoms with van der Waals surface area (Å²) in [5.74, 6) is 0.0141. The van der Waals surface area contributed by atoms with Crippen LogP contribution in [0.3, 0.4) is 0 Å². The molecule has 1 aliphatic rings. The van der Waals surface area contributed by atoms with Crippen LogP contribution < -0.4 is 10.1 Å². The van der Waals surface area contributed by atoms with Crippen LogP contribution in [-0.2, 0) is 9.53 Å². The maximum atomic E-state index is 12.3. The highest BCUT2D eigenvalue weighted by Gasteiger charge is 2.23. The average Bonchev–Trinajstić information content (AvgIpc) is 2.73. The van der Waals surface area contributed by atoms with Gasteiger partial charge in [-0.15, -0.1) is 0 Å². The zero-order valence-corrected chi connectivity index (χ0v) is 16.4. The van der Waals surface area contributed by atoms with E-state index in [4.69, 9.17) is 9.47 Å². The van der Waals surface area contributed by atoms with Gasteiger partial charge >= 0.3 is 0 Å². The number of morpholine rings is 1. The second-order valence-electron chi connectivity index (χ2n) is 6.93. The number of rotatable bonds is 8. The van der Waals surface area contributed by atoms with Crippen LogP contribution in [0.4, 0.5) is 5.69 Å². The molecule has 2 aromatic carbocycles. The lowest BCUT2D eigenvalue weighted by Gasteiger charge is -2.35. The zero-order chi connectivity index (χ0) is 20.6. The number of nitrogens with one attached hydrogen (secondary N) is 1. The summed E-state index contributed by atoms with van der Waals surface area (Å²) >= 11 is 0. The molecule has 0 saturated carbocycles. The molecule has 154 valence electrons. The van der Waals surface area contributed by atoms with Gasteiger partial charge in [-0.2, -0.15) is 0 Å². The van der Waals surface area contributed by atoms with Gasteiger partial charge in [-0.3, -0.25) is 19.8 Å². The van der Waals surface area contributed by atoms with E-state index in [0.717, 1.165) is 18.7 Å². The van der Waals surface area contributed by atoms with Crippen LogP contribution in [0.1, 0.15) is 17.2 Å². The van der Waals surface area contributed by atoms with Gasteiger partial charge in [0.15, 0.2) is 6.61 Å². The first kappa shape index (κ1) is 20.8. The van der Waals surface area contributed by atoms with Gasteiger partial charge in [-0.05, 0) is 18.6 Å². The number of nitro benzene ring substituents is 1. The van der Waals surface area contributed by atoms with Crippen LogP contribution in [0.15, 0.2) is 48.5 Å². The Kier molecular flexibility index (Phi) is 7.15. The molecule has 8 heteroatoms. The van der Waals surface area contributed by atoms with Crippen molar-refractivity contribution in [3.63, 3.8) is 0 Å². The number of nitro groups is 1. The van der Waals surface area contributed by atoms with Crippen LogP contribution in [0.2, 0.25) is 0 Å². The first-order chi connectivity index (χ1) is 14.0. The lowest BCUT2D eigenvalue weighted by atomic mass is 10.0. The minimum Gasteiger partial charge on any atom is -0.484 e. The Labute approximate surface area is 169 Å². The number of amides is 1. The quantitative estimate of drug-likeness (QED) is 0.541. The van der Waals surface area contributed by atoms with Crippen LogP contribution >= 0.6 is 0 Å². The standard InChI is InChI=1S/C21H25N3O5/c1-16-4-2-5-17(12-16)20(23-8-10-28-11-9-23)14-22-21(25)15-29-19-7-3-6-18(13-19)24(26)27/h2-7,12-13,20H,8-11,14-15H2,1H3,(H,22,25). The molecule has 1 N–H and O–H groups in total. The summed E-state index contributed by atoms with van der Waals surface area (Å²) in [7, 11) is 0. The Morgan fingerprint density at radius 1 is 1.24 bits per heavy atom. The predicted octanol–water partition coefficient (Wildman–Crippen LogP) is 2.47. The van der Waals surface area contributed by atoms with E-state index >= 15 is 0 Å². The molecular formula is C21H25N3O5. The van der Waals surface area contributed by atoms with Gasteiger partial charge in [0, 0.05) is 25.7 Å². The van der Waals surface area contributed by atoms with Crippen molar-refractivity contribution in [1.29, 1.82) is 0 Å². The van der Waals surface area contributed by atoms with E-state index in [1.165, 1.54) is 23.8 Å². The molecule has 0 radical (unpaired) electrons. The topological polar surface area (TPSA) is 93.9 Å². The molecule has 1 heterocycles. The molecule has 1 aliphatic heterocycles. The summed E-state index contributed by atoms with van der Waals surface area (Å²) in [4.78, 5) is 24.9. The number of carbonyl (C=O) groups excluding carboxylic acids is 1. The molecule has 1 unspecified atom stereocenters. The number of nitrogens with zero attached hydrogens (tertiary/aromatic N) is 2. The van der Waals surface area contributed by atoms with E-state index in [1.807, 2.05) is 19.1 Å². The highest BCUT2D eigenvalue weighted by molar-refractivity contribution is 5.77. The molecule has 1 fully saturated rings. The van der Waals surface area contributed by atoms with Gasteiger partial charge in [0.2, 0.25) is 0 Å². The molecule has 0 bridgehead atoms. The molecule has 0 aromatic heterocycles. The van der Waals surface area contributed by atoms with Gasteiger partial charge < -0.3 is 14.8 Å². The zero-order valence-electron chi connectivity index (χ0n) is 16.4. The molecule has 2 aromatic rings. The minimum atomic E-state index is -0.498. The van der Waals surface area contributed by atoms with Crippen LogP contribution in [0, 0.1) is 17.0 Å². The van der Waals surface area contributed by atoms with Crippen molar-refractivity contribution in [1.82, 2.24) is 10.2 Å². The van der Waals surface area contributed by atoms with Crippen molar-refractivity contribution in [3.05, 3.63) is 69.8 Å². The van der Waals surface area contributed by atoms with E-state index in [2.05, 4.69) is 22.3 Å². The Morgan fingerprint density at radius 3 is 2.72 bits per heavy atom. The largest absolute Gasteiger partial charge is 0.484 e. The van der Waals surface area contributed by atoms with Crippen molar-refractivity contribution >= 4 is 11.6 Å². The third-order valence-corrected chi connectivity index (χ3v) is 4.80. The normalized spacial score (nSPS) is 15.5. The van der Waals surface area contributed by atoms with E-state index in [-0.39, 0.29) is 30.0 Å². The predicted molar refractivity (Wildman–Crippen MR) is 108 cm³/mol. The summed E-state index contributed by atoms with van der Waals surface area (Å²) in [6.45, 7) is 5.24. The third kappa shape index (κ3) is 6.00. The van der Waals surface area contributed by atoms with Crippen molar-refractivity contribution in [2.75, 3.05) is 39.5 Å². The maximum absolute atomic E-state index is 12.3. The minimum absolute atomic E-state index is 0.0422. The van der Waals surface area contributed by atoms with Gasteiger partial charge in [-0.1, -0.05) is 35.9 Å². The molecule has 0 spiro atoms. The SMILES string of the molecule is Cc1cccc(C(CNC(=O)COc2cccc([N+](=O)[O-])c2)N2CCOCC2)c1. The Balaban J connectivity index is 1.59. The van der Waals surface area contributed by atoms with Crippen LogP contribution in [-0.4, -0.2) is 55.2 Å². The van der Waals surface area contributed by atoms with Crippen molar-refractivity contribution < 1.29 is 19.2 Å². The first-order valence-corrected chi connectivity index (χ1v) is 9.55. The van der Waals surface area contributed by atoms with Crippen LogP contribution in [0.5, 0.6) is 5.75 Å². The molecule has 0 aliphatic carbocycles. The summed E-state index contributed by atoms with van der Waals surface area (Å²) in [6.07, 6.45) is 0. The fraction of sp³-hybridized carbons (Fsp3) is 0.381. The highest BCUT2D eigenvalue weighted by atomic mass is 16.6. The number of ether oxygens (including phenoxy) is 2. The number of hydrogen-bond donors (Lipinski definition) is 1. The lowest BCUT2D eigenvalue weighted by Crippen LogP contribution is -2.44. The number of hydrogen-bond acceptors (Lipinski definition) is 6. The fourth-order valence-corrected chi connectivity index (χ4v) is 3.32. The Bertz CT molecular complexity index is 852. The van der Waals surface area contributed by atoms with Crippen molar-refractivity contribution in [2.24, 2.45) is 0 Å². The third-order valence-electron chi connectivity index (χ3n) is 4.80. The molecule has 3 rings (SSSR count). The fourth-order valence-electron chi connectivity index (χ4n) is 3.32. The smallest absolute Gasteiger partial charge is 0.273 e. The Hall–Kier alpha value is -2.97. The molecular weight excluding hydrogens is 374 g/mol. The van der Waals surface area contributed by atoms with E-state index in [1.54, 1.807) is 6.07 Å². The number of benzene rings is 2. The first-order valence-electron chi connectivity index (χ1n) is 9.55. The van der Waals surface area contributed by atoms with Gasteiger partial charge in [0.05, 0.1) is 30.2 Å². The summed E-state index contributed by atoms with van der Waals surface area (Å²) in [6, 6.07) is 14.1. The summed E-state index contributed by atoms with van der Waals surface area (Å²) in [5, 5.41) is 13.8. The van der Waals surface area contributed by atoms with Crippen molar-refractivity contribution in [2.45, 2.75) is 13.0 Å². The van der Waals surface area contributed by atoms with E-state index in [9.17, 15) is 14.9 Å². The van der Waals surface area contributed by atoms with Crippen molar-refractivity contribution in [3.8, 4) is 5.75 Å². The highest BCUT2D eigenvalue weighted by Crippen LogP contribution is 2.22.